The molecule has 0 spiro atoms. The summed E-state index contributed by atoms with van der Waals surface area (Å²) in [7, 11) is -3.76. The molecule has 0 bridgehead atoms. The van der Waals surface area contributed by atoms with Gasteiger partial charge in [-0.3, -0.25) is 0 Å². The summed E-state index contributed by atoms with van der Waals surface area (Å²) >= 11 is 5.95. The number of rotatable bonds is 5. The van der Waals surface area contributed by atoms with Gasteiger partial charge in [0.1, 0.15) is 10.7 Å². The van der Waals surface area contributed by atoms with E-state index in [4.69, 9.17) is 21.8 Å². The lowest BCUT2D eigenvalue weighted by atomic mass is 10.2. The van der Waals surface area contributed by atoms with Crippen molar-refractivity contribution in [3.63, 3.8) is 0 Å². The monoisotopic (exact) mass is 329 g/mol. The van der Waals surface area contributed by atoms with Crippen LogP contribution in [0.25, 0.3) is 0 Å². The fourth-order valence-corrected chi connectivity index (χ4v) is 3.25. The first-order valence-electron chi connectivity index (χ1n) is 6.24. The molecule has 0 unspecified atom stereocenters. The van der Waals surface area contributed by atoms with Crippen molar-refractivity contribution in [3.8, 4) is 0 Å². The van der Waals surface area contributed by atoms with Gasteiger partial charge in [0.05, 0.1) is 17.3 Å². The molecule has 0 saturated carbocycles. The van der Waals surface area contributed by atoms with Crippen LogP contribution >= 0.6 is 11.6 Å². The van der Waals surface area contributed by atoms with E-state index in [1.54, 1.807) is 19.9 Å². The van der Waals surface area contributed by atoms with Gasteiger partial charge >= 0.3 is 0 Å². The Bertz CT molecular complexity index is 737. The SMILES string of the molecule is Cc1nc(CNS(=O)(=O)c2cc(CN)ccc2Cl)oc1C. The van der Waals surface area contributed by atoms with E-state index in [0.29, 0.717) is 17.2 Å². The fraction of sp³-hybridized carbons (Fsp3) is 0.308. The first-order chi connectivity index (χ1) is 9.83. The van der Waals surface area contributed by atoms with Crippen LogP contribution in [-0.4, -0.2) is 13.4 Å². The van der Waals surface area contributed by atoms with Gasteiger partial charge in [-0.05, 0) is 31.5 Å². The minimum atomic E-state index is -3.76. The quantitative estimate of drug-likeness (QED) is 0.872. The maximum atomic E-state index is 12.3. The summed E-state index contributed by atoms with van der Waals surface area (Å²) in [5.41, 5.74) is 6.93. The lowest BCUT2D eigenvalue weighted by Gasteiger charge is -2.08. The summed E-state index contributed by atoms with van der Waals surface area (Å²) in [6, 6.07) is 4.65. The first kappa shape index (κ1) is 16.0. The van der Waals surface area contributed by atoms with Crippen LogP contribution in [0.15, 0.2) is 27.5 Å². The standard InChI is InChI=1S/C13H16ClN3O3S/c1-8-9(2)20-13(17-8)7-16-21(18,19)12-5-10(6-15)3-4-11(12)14/h3-5,16H,6-7,15H2,1-2H3. The van der Waals surface area contributed by atoms with Crippen LogP contribution in [0, 0.1) is 13.8 Å². The molecule has 114 valence electrons. The van der Waals surface area contributed by atoms with Gasteiger partial charge in [-0.15, -0.1) is 0 Å². The summed E-state index contributed by atoms with van der Waals surface area (Å²) < 4.78 is 32.3. The third-order valence-electron chi connectivity index (χ3n) is 3.01. The number of hydrogen-bond donors (Lipinski definition) is 2. The highest BCUT2D eigenvalue weighted by Crippen LogP contribution is 2.22. The average Bonchev–Trinajstić information content (AvgIpc) is 2.76. The number of nitrogens with two attached hydrogens (primary N) is 1. The van der Waals surface area contributed by atoms with Crippen LogP contribution in [0.1, 0.15) is 22.9 Å². The molecule has 1 aromatic heterocycles. The van der Waals surface area contributed by atoms with Crippen molar-refractivity contribution < 1.29 is 12.8 Å². The van der Waals surface area contributed by atoms with E-state index in [-0.39, 0.29) is 23.0 Å². The summed E-state index contributed by atoms with van der Waals surface area (Å²) in [5.74, 6) is 0.965. The molecule has 8 heteroatoms. The third kappa shape index (κ3) is 3.62. The van der Waals surface area contributed by atoms with E-state index in [1.807, 2.05) is 0 Å². The first-order valence-corrected chi connectivity index (χ1v) is 8.10. The Labute approximate surface area is 128 Å². The van der Waals surface area contributed by atoms with Gasteiger partial charge < -0.3 is 10.2 Å². The van der Waals surface area contributed by atoms with Crippen LogP contribution in [0.4, 0.5) is 0 Å². The zero-order chi connectivity index (χ0) is 15.6. The number of hydrogen-bond acceptors (Lipinski definition) is 5. The van der Waals surface area contributed by atoms with Gasteiger partial charge in [0.2, 0.25) is 15.9 Å². The van der Waals surface area contributed by atoms with Crippen molar-refractivity contribution >= 4 is 21.6 Å². The second-order valence-corrected chi connectivity index (χ2v) is 6.69. The van der Waals surface area contributed by atoms with Crippen molar-refractivity contribution in [2.24, 2.45) is 5.73 Å². The molecule has 0 aliphatic rings. The number of oxazole rings is 1. The molecular weight excluding hydrogens is 314 g/mol. The molecule has 1 heterocycles. The number of benzene rings is 1. The molecule has 0 radical (unpaired) electrons. The Morgan fingerprint density at radius 3 is 2.67 bits per heavy atom. The van der Waals surface area contributed by atoms with Gasteiger partial charge in [0, 0.05) is 6.54 Å². The van der Waals surface area contributed by atoms with E-state index in [1.165, 1.54) is 12.1 Å². The molecule has 0 aliphatic carbocycles. The Morgan fingerprint density at radius 2 is 2.10 bits per heavy atom. The van der Waals surface area contributed by atoms with E-state index in [9.17, 15) is 8.42 Å². The summed E-state index contributed by atoms with van der Waals surface area (Å²) in [6.07, 6.45) is 0. The molecule has 1 aromatic carbocycles. The highest BCUT2D eigenvalue weighted by Gasteiger charge is 2.19. The smallest absolute Gasteiger partial charge is 0.242 e. The molecule has 6 nitrogen and oxygen atoms in total. The van der Waals surface area contributed by atoms with Crippen molar-refractivity contribution in [1.29, 1.82) is 0 Å². The maximum Gasteiger partial charge on any atom is 0.242 e. The Hall–Kier alpha value is -1.41. The van der Waals surface area contributed by atoms with E-state index >= 15 is 0 Å². The summed E-state index contributed by atoms with van der Waals surface area (Å²) in [4.78, 5) is 4.11. The predicted molar refractivity (Wildman–Crippen MR) is 79.3 cm³/mol. The number of sulfonamides is 1. The van der Waals surface area contributed by atoms with Crippen LogP contribution in [0.5, 0.6) is 0 Å². The Morgan fingerprint density at radius 1 is 1.38 bits per heavy atom. The lowest BCUT2D eigenvalue weighted by molar-refractivity contribution is 0.463. The van der Waals surface area contributed by atoms with Gasteiger partial charge in [0.25, 0.3) is 0 Å². The number of nitrogens with zero attached hydrogens (tertiary/aromatic N) is 1. The van der Waals surface area contributed by atoms with E-state index < -0.39 is 10.0 Å². The van der Waals surface area contributed by atoms with Crippen molar-refractivity contribution in [2.75, 3.05) is 0 Å². The van der Waals surface area contributed by atoms with Gasteiger partial charge in [0.15, 0.2) is 0 Å². The molecule has 21 heavy (non-hydrogen) atoms. The van der Waals surface area contributed by atoms with Gasteiger partial charge in [-0.1, -0.05) is 17.7 Å². The van der Waals surface area contributed by atoms with E-state index in [0.717, 1.165) is 5.69 Å². The van der Waals surface area contributed by atoms with Crippen LogP contribution in [-0.2, 0) is 23.1 Å². The number of nitrogens with one attached hydrogen (secondary N) is 1. The Kier molecular flexibility index (Phi) is 4.67. The topological polar surface area (TPSA) is 98.2 Å². The van der Waals surface area contributed by atoms with Crippen LogP contribution in [0.3, 0.4) is 0 Å². The maximum absolute atomic E-state index is 12.3. The highest BCUT2D eigenvalue weighted by molar-refractivity contribution is 7.89. The molecule has 2 aromatic rings. The zero-order valence-corrected chi connectivity index (χ0v) is 13.3. The molecule has 0 aliphatic heterocycles. The van der Waals surface area contributed by atoms with Crippen molar-refractivity contribution in [2.45, 2.75) is 31.8 Å². The second kappa shape index (κ2) is 6.15. The summed E-state index contributed by atoms with van der Waals surface area (Å²) in [5, 5.41) is 0.138. The number of aryl methyl sites for hydroxylation is 2. The molecule has 0 saturated heterocycles. The zero-order valence-electron chi connectivity index (χ0n) is 11.7. The molecule has 2 rings (SSSR count). The minimum absolute atomic E-state index is 0.00730. The van der Waals surface area contributed by atoms with Crippen LogP contribution < -0.4 is 10.5 Å². The van der Waals surface area contributed by atoms with E-state index in [2.05, 4.69) is 9.71 Å². The Balaban J connectivity index is 2.22. The normalized spacial score (nSPS) is 11.8. The third-order valence-corrected chi connectivity index (χ3v) is 4.89. The van der Waals surface area contributed by atoms with Crippen LogP contribution in [0.2, 0.25) is 5.02 Å². The number of aromatic nitrogens is 1. The number of halogens is 1. The molecule has 0 amide bonds. The van der Waals surface area contributed by atoms with Crippen molar-refractivity contribution in [1.82, 2.24) is 9.71 Å². The fourth-order valence-electron chi connectivity index (χ4n) is 1.73. The molecular formula is C13H16ClN3O3S. The predicted octanol–water partition coefficient (Wildman–Crippen LogP) is 1.88. The molecule has 3 N–H and O–H groups in total. The molecule has 0 fully saturated rings. The minimum Gasteiger partial charge on any atom is -0.444 e. The second-order valence-electron chi connectivity index (χ2n) is 4.54. The lowest BCUT2D eigenvalue weighted by Crippen LogP contribution is -2.24. The molecule has 0 atom stereocenters. The van der Waals surface area contributed by atoms with Gasteiger partial charge in [-0.2, -0.15) is 0 Å². The average molecular weight is 330 g/mol. The van der Waals surface area contributed by atoms with Gasteiger partial charge in [-0.25, -0.2) is 18.1 Å². The largest absolute Gasteiger partial charge is 0.444 e. The summed E-state index contributed by atoms with van der Waals surface area (Å²) in [6.45, 7) is 3.75. The highest BCUT2D eigenvalue weighted by atomic mass is 35.5. The van der Waals surface area contributed by atoms with Crippen molar-refractivity contribution in [3.05, 3.63) is 46.1 Å².